The van der Waals surface area contributed by atoms with Crippen molar-refractivity contribution in [2.75, 3.05) is 6.54 Å². The summed E-state index contributed by atoms with van der Waals surface area (Å²) in [7, 11) is 0. The number of hydrogen-bond donors (Lipinski definition) is 1. The molecule has 1 aromatic carbocycles. The van der Waals surface area contributed by atoms with Gasteiger partial charge in [-0.25, -0.2) is 0 Å². The first kappa shape index (κ1) is 17.0. The second kappa shape index (κ2) is 6.81. The van der Waals surface area contributed by atoms with Gasteiger partial charge in [-0.2, -0.15) is 0 Å². The fourth-order valence-electron chi connectivity index (χ4n) is 2.57. The zero-order valence-corrected chi connectivity index (χ0v) is 15.7. The van der Waals surface area contributed by atoms with Crippen LogP contribution in [0.15, 0.2) is 16.7 Å². The van der Waals surface area contributed by atoms with Crippen LogP contribution in [0.1, 0.15) is 53.9 Å². The average molecular weight is 412 g/mol. The number of halogens is 1. The molecule has 0 aliphatic rings. The molecule has 0 spiro atoms. The Morgan fingerprint density at radius 3 is 2.59 bits per heavy atom. The molecule has 0 fully saturated rings. The van der Waals surface area contributed by atoms with Crippen LogP contribution in [-0.4, -0.2) is 17.6 Å². The van der Waals surface area contributed by atoms with Gasteiger partial charge in [0.05, 0.1) is 3.57 Å². The molecule has 0 atom stereocenters. The van der Waals surface area contributed by atoms with Crippen LogP contribution in [0.5, 0.6) is 0 Å². The average Bonchev–Trinajstić information content (AvgIpc) is 2.80. The number of nitrogens with one attached hydrogen (secondary N) is 1. The van der Waals surface area contributed by atoms with E-state index >= 15 is 0 Å². The molecule has 0 aliphatic carbocycles. The molecule has 0 bridgehead atoms. The van der Waals surface area contributed by atoms with Crippen LogP contribution in [0.3, 0.4) is 0 Å². The molecule has 118 valence electrons. The predicted molar refractivity (Wildman–Crippen MR) is 96.2 cm³/mol. The van der Waals surface area contributed by atoms with E-state index in [1.54, 1.807) is 0 Å². The van der Waals surface area contributed by atoms with Gasteiger partial charge in [-0.3, -0.25) is 4.79 Å². The van der Waals surface area contributed by atoms with Gasteiger partial charge in [-0.15, -0.1) is 0 Å². The Balaban J connectivity index is 2.53. The second-order valence-electron chi connectivity index (χ2n) is 5.71. The van der Waals surface area contributed by atoms with Crippen molar-refractivity contribution in [1.29, 1.82) is 0 Å². The van der Waals surface area contributed by atoms with E-state index in [2.05, 4.69) is 72.9 Å². The lowest BCUT2D eigenvalue weighted by atomic mass is 9.92. The van der Waals surface area contributed by atoms with Crippen molar-refractivity contribution in [2.24, 2.45) is 0 Å². The Morgan fingerprint density at radius 2 is 2.00 bits per heavy atom. The predicted octanol–water partition coefficient (Wildman–Crippen LogP) is 4.44. The Labute approximate surface area is 144 Å². The molecule has 22 heavy (non-hydrogen) atoms. The summed E-state index contributed by atoms with van der Waals surface area (Å²) in [6.07, 6.45) is 0. The lowest BCUT2D eigenvalue weighted by Crippen LogP contribution is -2.23. The van der Waals surface area contributed by atoms with Crippen LogP contribution in [0.4, 0.5) is 0 Å². The number of hydrogen-bond acceptors (Lipinski definition) is 3. The fraction of sp³-hybridized carbons (Fsp3) is 0.412. The third kappa shape index (κ3) is 3.19. The van der Waals surface area contributed by atoms with Gasteiger partial charge in [0.2, 0.25) is 0 Å². The van der Waals surface area contributed by atoms with Crippen molar-refractivity contribution in [2.45, 2.75) is 40.5 Å². The minimum atomic E-state index is -0.198. The monoisotopic (exact) mass is 412 g/mol. The molecule has 5 heteroatoms. The Bertz CT molecular complexity index is 705. The number of nitrogens with zero attached hydrogens (tertiary/aromatic N) is 1. The van der Waals surface area contributed by atoms with Crippen molar-refractivity contribution in [1.82, 2.24) is 10.5 Å². The van der Waals surface area contributed by atoms with Gasteiger partial charge in [-0.1, -0.05) is 25.1 Å². The number of carbonyl (C=O) groups is 1. The summed E-state index contributed by atoms with van der Waals surface area (Å²) in [4.78, 5) is 12.0. The first-order valence-corrected chi connectivity index (χ1v) is 8.49. The number of benzene rings is 1. The van der Waals surface area contributed by atoms with Crippen molar-refractivity contribution < 1.29 is 9.32 Å². The first-order valence-electron chi connectivity index (χ1n) is 7.41. The lowest BCUT2D eigenvalue weighted by Gasteiger charge is -2.13. The number of rotatable bonds is 4. The summed E-state index contributed by atoms with van der Waals surface area (Å²) in [5.41, 5.74) is 5.03. The maximum absolute atomic E-state index is 12.0. The van der Waals surface area contributed by atoms with Gasteiger partial charge < -0.3 is 9.84 Å². The SMILES string of the molecule is CCNC(=O)c1noc(-c2cc(C(C)C)c(C)cc2C)c1I. The maximum Gasteiger partial charge on any atom is 0.274 e. The van der Waals surface area contributed by atoms with E-state index in [0.29, 0.717) is 23.9 Å². The van der Waals surface area contributed by atoms with Crippen LogP contribution in [0.25, 0.3) is 11.3 Å². The number of amides is 1. The van der Waals surface area contributed by atoms with E-state index in [4.69, 9.17) is 4.52 Å². The molecule has 1 amide bonds. The summed E-state index contributed by atoms with van der Waals surface area (Å²) in [5, 5.41) is 6.71. The molecule has 1 N–H and O–H groups in total. The Hall–Kier alpha value is -1.37. The second-order valence-corrected chi connectivity index (χ2v) is 6.79. The smallest absolute Gasteiger partial charge is 0.274 e. The van der Waals surface area contributed by atoms with Crippen LogP contribution in [0.2, 0.25) is 0 Å². The molecule has 0 saturated carbocycles. The molecule has 4 nitrogen and oxygen atoms in total. The van der Waals surface area contributed by atoms with E-state index in [0.717, 1.165) is 14.7 Å². The minimum absolute atomic E-state index is 0.198. The Kier molecular flexibility index (Phi) is 5.26. The normalized spacial score (nSPS) is 11.0. The van der Waals surface area contributed by atoms with Crippen molar-refractivity contribution >= 4 is 28.5 Å². The summed E-state index contributed by atoms with van der Waals surface area (Å²) >= 11 is 2.13. The first-order chi connectivity index (χ1) is 10.4. The molecular formula is C17H21IN2O2. The lowest BCUT2D eigenvalue weighted by molar-refractivity contribution is 0.0946. The van der Waals surface area contributed by atoms with Gasteiger partial charge >= 0.3 is 0 Å². The highest BCUT2D eigenvalue weighted by molar-refractivity contribution is 14.1. The number of aryl methyl sites for hydroxylation is 2. The third-order valence-electron chi connectivity index (χ3n) is 3.67. The number of carbonyl (C=O) groups excluding carboxylic acids is 1. The maximum atomic E-state index is 12.0. The molecular weight excluding hydrogens is 391 g/mol. The van der Waals surface area contributed by atoms with E-state index in [1.807, 2.05) is 6.92 Å². The summed E-state index contributed by atoms with van der Waals surface area (Å²) in [5.74, 6) is 0.903. The molecule has 0 saturated heterocycles. The van der Waals surface area contributed by atoms with Crippen LogP contribution >= 0.6 is 22.6 Å². The molecule has 0 aliphatic heterocycles. The Morgan fingerprint density at radius 1 is 1.32 bits per heavy atom. The summed E-state index contributed by atoms with van der Waals surface area (Å²) < 4.78 is 6.24. The van der Waals surface area contributed by atoms with Crippen LogP contribution < -0.4 is 5.32 Å². The van der Waals surface area contributed by atoms with E-state index in [1.165, 1.54) is 11.1 Å². The largest absolute Gasteiger partial charge is 0.354 e. The van der Waals surface area contributed by atoms with Gasteiger partial charge in [0.15, 0.2) is 11.5 Å². The summed E-state index contributed by atoms with van der Waals surface area (Å²) in [6.45, 7) is 11.0. The quantitative estimate of drug-likeness (QED) is 0.756. The standard InChI is InChI=1S/C17H21IN2O2/c1-6-19-17(21)15-14(18)16(22-20-15)13-8-12(9(2)3)10(4)7-11(13)5/h7-9H,6H2,1-5H3,(H,19,21). The van der Waals surface area contributed by atoms with Gasteiger partial charge in [0.1, 0.15) is 0 Å². The molecule has 1 aromatic heterocycles. The zero-order valence-electron chi connectivity index (χ0n) is 13.6. The molecule has 0 radical (unpaired) electrons. The third-order valence-corrected chi connectivity index (χ3v) is 4.67. The van der Waals surface area contributed by atoms with Crippen molar-refractivity contribution in [3.63, 3.8) is 0 Å². The molecule has 2 rings (SSSR count). The highest BCUT2D eigenvalue weighted by Crippen LogP contribution is 2.34. The molecule has 1 heterocycles. The molecule has 0 unspecified atom stereocenters. The summed E-state index contributed by atoms with van der Waals surface area (Å²) in [6, 6.07) is 4.31. The minimum Gasteiger partial charge on any atom is -0.354 e. The highest BCUT2D eigenvalue weighted by atomic mass is 127. The van der Waals surface area contributed by atoms with Crippen LogP contribution in [0, 0.1) is 17.4 Å². The van der Waals surface area contributed by atoms with Gasteiger partial charge in [0.25, 0.3) is 5.91 Å². The van der Waals surface area contributed by atoms with Crippen LogP contribution in [-0.2, 0) is 0 Å². The van der Waals surface area contributed by atoms with Gasteiger partial charge in [0, 0.05) is 12.1 Å². The number of aromatic nitrogens is 1. The van der Waals surface area contributed by atoms with Crippen molar-refractivity contribution in [3.8, 4) is 11.3 Å². The van der Waals surface area contributed by atoms with E-state index in [9.17, 15) is 4.79 Å². The van der Waals surface area contributed by atoms with E-state index in [-0.39, 0.29) is 5.91 Å². The van der Waals surface area contributed by atoms with E-state index < -0.39 is 0 Å². The zero-order chi connectivity index (χ0) is 16.4. The van der Waals surface area contributed by atoms with Gasteiger partial charge in [-0.05, 0) is 72.0 Å². The highest BCUT2D eigenvalue weighted by Gasteiger charge is 2.22. The fourth-order valence-corrected chi connectivity index (χ4v) is 3.30. The topological polar surface area (TPSA) is 55.1 Å². The molecule has 2 aromatic rings. The van der Waals surface area contributed by atoms with Crippen molar-refractivity contribution in [3.05, 3.63) is 38.1 Å².